The van der Waals surface area contributed by atoms with Crippen molar-refractivity contribution >= 4 is 17.7 Å². The first kappa shape index (κ1) is 24.6. The van der Waals surface area contributed by atoms with E-state index in [-0.39, 0.29) is 42.3 Å². The molecule has 1 saturated carbocycles. The Morgan fingerprint density at radius 1 is 1.14 bits per heavy atom. The fourth-order valence-corrected chi connectivity index (χ4v) is 4.69. The molecule has 1 aliphatic heterocycles. The van der Waals surface area contributed by atoms with E-state index in [0.717, 1.165) is 31.2 Å². The molecular weight excluding hydrogens is 450 g/mol. The van der Waals surface area contributed by atoms with Crippen LogP contribution in [0.1, 0.15) is 65.6 Å². The number of nitrogens with one attached hydrogen (secondary N) is 2. The minimum absolute atomic E-state index is 0.117. The second kappa shape index (κ2) is 9.97. The summed E-state index contributed by atoms with van der Waals surface area (Å²) in [5, 5.41) is 10.3. The third-order valence-corrected chi connectivity index (χ3v) is 7.10. The number of likely N-dealkylation sites (N-methyl/N-ethyl adjacent to an activating group) is 1. The summed E-state index contributed by atoms with van der Waals surface area (Å²) in [7, 11) is 4.74. The maximum Gasteiger partial charge on any atom is 0.272 e. The smallest absolute Gasteiger partial charge is 0.272 e. The number of hydrogen-bond acceptors (Lipinski definition) is 6. The zero-order valence-electron chi connectivity index (χ0n) is 20.7. The van der Waals surface area contributed by atoms with E-state index in [1.807, 2.05) is 6.07 Å². The Morgan fingerprint density at radius 3 is 2.57 bits per heavy atom. The van der Waals surface area contributed by atoms with Crippen LogP contribution in [0.2, 0.25) is 0 Å². The number of nitrogens with zero attached hydrogens (tertiary/aromatic N) is 3. The van der Waals surface area contributed by atoms with Crippen molar-refractivity contribution in [2.45, 2.75) is 63.7 Å². The van der Waals surface area contributed by atoms with Crippen LogP contribution in [0.4, 0.5) is 0 Å². The summed E-state index contributed by atoms with van der Waals surface area (Å²) in [6.07, 6.45) is 5.29. The lowest BCUT2D eigenvalue weighted by molar-refractivity contribution is -0.133. The Labute approximate surface area is 204 Å². The zero-order valence-corrected chi connectivity index (χ0v) is 20.7. The maximum absolute atomic E-state index is 13.2. The Bertz CT molecular complexity index is 1120. The van der Waals surface area contributed by atoms with Gasteiger partial charge in [-0.05, 0) is 31.9 Å². The van der Waals surface area contributed by atoms with Crippen LogP contribution >= 0.6 is 0 Å². The van der Waals surface area contributed by atoms with Crippen molar-refractivity contribution < 1.29 is 23.9 Å². The number of aromatic nitrogens is 2. The van der Waals surface area contributed by atoms with Gasteiger partial charge in [0.25, 0.3) is 11.8 Å². The minimum atomic E-state index is -1.10. The van der Waals surface area contributed by atoms with E-state index in [4.69, 9.17) is 9.47 Å². The molecule has 35 heavy (non-hydrogen) atoms. The van der Waals surface area contributed by atoms with Crippen molar-refractivity contribution in [1.29, 1.82) is 0 Å². The summed E-state index contributed by atoms with van der Waals surface area (Å²) >= 11 is 0. The molecule has 4 rings (SSSR count). The van der Waals surface area contributed by atoms with E-state index in [1.54, 1.807) is 40.3 Å². The molecule has 0 bridgehead atoms. The van der Waals surface area contributed by atoms with E-state index in [1.165, 1.54) is 22.1 Å². The average molecular weight is 484 g/mol. The number of amides is 3. The Hall–Kier alpha value is -3.56. The summed E-state index contributed by atoms with van der Waals surface area (Å²) in [6.45, 7) is 2.12. The highest BCUT2D eigenvalue weighted by Gasteiger charge is 2.46. The number of carbonyl (C=O) groups is 3. The molecule has 0 saturated heterocycles. The standard InChI is InChI=1S/C25H33N5O5/c1-25(24(33)27-17-8-6-5-7-9-17)15-30-20(23(32)29(25)2)13-19(28-30)22(31)26-14-16-10-11-18(34-3)12-21(16)35-4/h10-13,17H,5-9,14-15H2,1-4H3,(H,26,31)(H,27,33)/t25-/m1/s1. The maximum atomic E-state index is 13.2. The minimum Gasteiger partial charge on any atom is -0.497 e. The highest BCUT2D eigenvalue weighted by Crippen LogP contribution is 2.28. The molecule has 1 fully saturated rings. The highest BCUT2D eigenvalue weighted by atomic mass is 16.5. The van der Waals surface area contributed by atoms with Crippen LogP contribution < -0.4 is 20.1 Å². The van der Waals surface area contributed by atoms with Gasteiger partial charge in [0.1, 0.15) is 22.7 Å². The lowest BCUT2D eigenvalue weighted by Crippen LogP contribution is -2.63. The number of fused-ring (bicyclic) bond motifs is 1. The summed E-state index contributed by atoms with van der Waals surface area (Å²) < 4.78 is 12.0. The fraction of sp³-hybridized carbons (Fsp3) is 0.520. The van der Waals surface area contributed by atoms with Gasteiger partial charge in [-0.2, -0.15) is 5.10 Å². The first-order valence-corrected chi connectivity index (χ1v) is 11.9. The van der Waals surface area contributed by atoms with Crippen molar-refractivity contribution in [3.63, 3.8) is 0 Å². The molecule has 1 atom stereocenters. The predicted octanol–water partition coefficient (Wildman–Crippen LogP) is 2.12. The molecule has 0 unspecified atom stereocenters. The highest BCUT2D eigenvalue weighted by molar-refractivity contribution is 6.01. The molecule has 188 valence electrons. The molecule has 2 N–H and O–H groups in total. The Balaban J connectivity index is 1.47. The van der Waals surface area contributed by atoms with Crippen LogP contribution in [0.25, 0.3) is 0 Å². The Kier molecular flexibility index (Phi) is 7.00. The van der Waals surface area contributed by atoms with E-state index in [9.17, 15) is 14.4 Å². The van der Waals surface area contributed by atoms with Gasteiger partial charge in [-0.15, -0.1) is 0 Å². The first-order valence-electron chi connectivity index (χ1n) is 11.9. The van der Waals surface area contributed by atoms with Gasteiger partial charge >= 0.3 is 0 Å². The molecule has 2 aliphatic rings. The third-order valence-electron chi connectivity index (χ3n) is 7.10. The average Bonchev–Trinajstić information content (AvgIpc) is 3.30. The lowest BCUT2D eigenvalue weighted by atomic mass is 9.92. The van der Waals surface area contributed by atoms with Crippen LogP contribution in [0.5, 0.6) is 11.5 Å². The molecule has 10 nitrogen and oxygen atoms in total. The Morgan fingerprint density at radius 2 is 1.89 bits per heavy atom. The summed E-state index contributed by atoms with van der Waals surface area (Å²) in [5.74, 6) is 0.274. The van der Waals surface area contributed by atoms with Crippen molar-refractivity contribution in [1.82, 2.24) is 25.3 Å². The molecule has 3 amide bonds. The first-order chi connectivity index (χ1) is 16.8. The summed E-state index contributed by atoms with van der Waals surface area (Å²) in [5.41, 5.74) is 0.0692. The van der Waals surface area contributed by atoms with Crippen molar-refractivity contribution in [3.05, 3.63) is 41.2 Å². The van der Waals surface area contributed by atoms with Crippen molar-refractivity contribution in [2.75, 3.05) is 21.3 Å². The van der Waals surface area contributed by atoms with Crippen LogP contribution in [0.3, 0.4) is 0 Å². The topological polar surface area (TPSA) is 115 Å². The van der Waals surface area contributed by atoms with Gasteiger partial charge in [-0.3, -0.25) is 19.1 Å². The SMILES string of the molecule is COc1ccc(CNC(=O)c2cc3n(n2)C[C@](C)(C(=O)NC2CCCCC2)N(C)C3=O)c(OC)c1. The largest absolute Gasteiger partial charge is 0.497 e. The molecule has 1 aromatic carbocycles. The van der Waals surface area contributed by atoms with Crippen LogP contribution in [0.15, 0.2) is 24.3 Å². The molecule has 1 aliphatic carbocycles. The number of rotatable bonds is 7. The summed E-state index contributed by atoms with van der Waals surface area (Å²) in [4.78, 5) is 40.6. The molecule has 2 aromatic rings. The monoisotopic (exact) mass is 483 g/mol. The molecule has 2 heterocycles. The van der Waals surface area contributed by atoms with Crippen molar-refractivity contribution in [2.24, 2.45) is 0 Å². The number of methoxy groups -OCH3 is 2. The number of carbonyl (C=O) groups excluding carboxylic acids is 3. The molecule has 0 radical (unpaired) electrons. The van der Waals surface area contributed by atoms with Crippen LogP contribution in [-0.2, 0) is 17.9 Å². The number of ether oxygens (including phenoxy) is 2. The summed E-state index contributed by atoms with van der Waals surface area (Å²) in [6, 6.07) is 6.94. The lowest BCUT2D eigenvalue weighted by Gasteiger charge is -2.41. The molecule has 0 spiro atoms. The second-order valence-electron chi connectivity index (χ2n) is 9.38. The fourth-order valence-electron chi connectivity index (χ4n) is 4.69. The molecule has 1 aromatic heterocycles. The quantitative estimate of drug-likeness (QED) is 0.624. The van der Waals surface area contributed by atoms with Gasteiger partial charge in [0, 0.05) is 37.3 Å². The van der Waals surface area contributed by atoms with Gasteiger partial charge < -0.3 is 25.0 Å². The third kappa shape index (κ3) is 4.82. The van der Waals surface area contributed by atoms with Gasteiger partial charge in [0.2, 0.25) is 5.91 Å². The van der Waals surface area contributed by atoms with E-state index in [2.05, 4.69) is 15.7 Å². The van der Waals surface area contributed by atoms with Gasteiger partial charge in [-0.1, -0.05) is 19.3 Å². The van der Waals surface area contributed by atoms with E-state index >= 15 is 0 Å². The normalized spacial score (nSPS) is 20.2. The molecule has 10 heteroatoms. The van der Waals surface area contributed by atoms with E-state index in [0.29, 0.717) is 11.5 Å². The van der Waals surface area contributed by atoms with E-state index < -0.39 is 11.4 Å². The second-order valence-corrected chi connectivity index (χ2v) is 9.38. The zero-order chi connectivity index (χ0) is 25.2. The van der Waals surface area contributed by atoms with Gasteiger partial charge in [0.15, 0.2) is 5.69 Å². The van der Waals surface area contributed by atoms with Crippen LogP contribution in [-0.4, -0.2) is 65.2 Å². The van der Waals surface area contributed by atoms with Gasteiger partial charge in [0.05, 0.1) is 20.8 Å². The van der Waals surface area contributed by atoms with Crippen LogP contribution in [0, 0.1) is 0 Å². The van der Waals surface area contributed by atoms with Gasteiger partial charge in [-0.25, -0.2) is 0 Å². The number of hydrogen-bond donors (Lipinski definition) is 2. The number of benzene rings is 1. The van der Waals surface area contributed by atoms with Crippen molar-refractivity contribution in [3.8, 4) is 11.5 Å². The predicted molar refractivity (Wildman–Crippen MR) is 128 cm³/mol. The molecular formula is C25H33N5O5.